The Hall–Kier alpha value is -3.46. The number of anilines is 1. The van der Waals surface area contributed by atoms with Crippen molar-refractivity contribution in [3.8, 4) is 11.3 Å². The SMILES string of the molecule is CCn1c(N/N=C\c2ccc(-c3ccc(Br)cc3[N+](=O)[O-])o2)nc2ccccc21. The van der Waals surface area contributed by atoms with E-state index in [4.69, 9.17) is 4.42 Å². The van der Waals surface area contributed by atoms with Gasteiger partial charge in [0.25, 0.3) is 5.69 Å². The first kappa shape index (κ1) is 18.9. The van der Waals surface area contributed by atoms with Gasteiger partial charge in [0.1, 0.15) is 11.5 Å². The first-order valence-electron chi connectivity index (χ1n) is 8.85. The van der Waals surface area contributed by atoms with Crippen molar-refractivity contribution >= 4 is 44.8 Å². The van der Waals surface area contributed by atoms with E-state index in [1.807, 2.05) is 35.8 Å². The van der Waals surface area contributed by atoms with Crippen LogP contribution >= 0.6 is 15.9 Å². The molecule has 8 nitrogen and oxygen atoms in total. The molecule has 2 aromatic heterocycles. The van der Waals surface area contributed by atoms with Crippen LogP contribution in [0.4, 0.5) is 11.6 Å². The van der Waals surface area contributed by atoms with Crippen LogP contribution in [0.1, 0.15) is 12.7 Å². The Balaban J connectivity index is 1.56. The number of para-hydroxylation sites is 2. The minimum Gasteiger partial charge on any atom is -0.455 e. The second kappa shape index (κ2) is 7.88. The summed E-state index contributed by atoms with van der Waals surface area (Å²) < 4.78 is 8.37. The summed E-state index contributed by atoms with van der Waals surface area (Å²) >= 11 is 3.25. The minimum absolute atomic E-state index is 0.0352. The van der Waals surface area contributed by atoms with Crippen molar-refractivity contribution in [2.24, 2.45) is 5.10 Å². The largest absolute Gasteiger partial charge is 0.455 e. The molecule has 29 heavy (non-hydrogen) atoms. The van der Waals surface area contributed by atoms with Gasteiger partial charge >= 0.3 is 0 Å². The second-order valence-electron chi connectivity index (χ2n) is 6.16. The standard InChI is InChI=1S/C20H16BrN5O3/c1-2-25-17-6-4-3-5-16(17)23-20(25)24-22-12-14-8-10-19(29-14)15-9-7-13(21)11-18(15)26(27)28/h3-12H,2H2,1H3,(H,23,24)/b22-12-. The summed E-state index contributed by atoms with van der Waals surface area (Å²) in [5.41, 5.74) is 5.21. The lowest BCUT2D eigenvalue weighted by molar-refractivity contribution is -0.384. The molecule has 0 aliphatic carbocycles. The number of rotatable bonds is 6. The van der Waals surface area contributed by atoms with Crippen LogP contribution in [0.15, 0.2) is 68.6 Å². The fraction of sp³-hybridized carbons (Fsp3) is 0.100. The molecule has 0 fully saturated rings. The smallest absolute Gasteiger partial charge is 0.281 e. The molecule has 0 aliphatic heterocycles. The van der Waals surface area contributed by atoms with Gasteiger partial charge in [-0.05, 0) is 43.3 Å². The van der Waals surface area contributed by atoms with Gasteiger partial charge in [0, 0.05) is 17.1 Å². The van der Waals surface area contributed by atoms with E-state index in [0.29, 0.717) is 27.5 Å². The van der Waals surface area contributed by atoms with Gasteiger partial charge in [-0.3, -0.25) is 10.1 Å². The number of nitrogens with one attached hydrogen (secondary N) is 1. The van der Waals surface area contributed by atoms with E-state index in [1.54, 1.807) is 24.3 Å². The Morgan fingerprint density at radius 3 is 2.90 bits per heavy atom. The molecule has 0 spiro atoms. The molecule has 0 atom stereocenters. The van der Waals surface area contributed by atoms with Crippen LogP contribution in [0.3, 0.4) is 0 Å². The maximum atomic E-state index is 11.3. The van der Waals surface area contributed by atoms with Gasteiger partial charge in [-0.1, -0.05) is 28.1 Å². The molecule has 4 rings (SSSR count). The number of imidazole rings is 1. The van der Waals surface area contributed by atoms with E-state index in [1.165, 1.54) is 12.3 Å². The Morgan fingerprint density at radius 1 is 1.28 bits per heavy atom. The highest BCUT2D eigenvalue weighted by Gasteiger charge is 2.18. The average Bonchev–Trinajstić information content (AvgIpc) is 3.32. The zero-order valence-corrected chi connectivity index (χ0v) is 17.0. The van der Waals surface area contributed by atoms with E-state index in [2.05, 4.69) is 31.4 Å². The van der Waals surface area contributed by atoms with Crippen LogP contribution in [-0.2, 0) is 6.54 Å². The van der Waals surface area contributed by atoms with Gasteiger partial charge < -0.3 is 8.98 Å². The highest BCUT2D eigenvalue weighted by Crippen LogP contribution is 2.33. The number of fused-ring (bicyclic) bond motifs is 1. The summed E-state index contributed by atoms with van der Waals surface area (Å²) in [6.07, 6.45) is 1.51. The van der Waals surface area contributed by atoms with Crippen LogP contribution < -0.4 is 5.43 Å². The van der Waals surface area contributed by atoms with Crippen molar-refractivity contribution in [1.82, 2.24) is 9.55 Å². The number of aromatic nitrogens is 2. The number of nitrogens with zero attached hydrogens (tertiary/aromatic N) is 4. The van der Waals surface area contributed by atoms with Crippen LogP contribution in [-0.4, -0.2) is 20.7 Å². The maximum Gasteiger partial charge on any atom is 0.281 e. The number of aryl methyl sites for hydroxylation is 1. The number of hydrogen-bond acceptors (Lipinski definition) is 6. The van der Waals surface area contributed by atoms with Crippen molar-refractivity contribution in [1.29, 1.82) is 0 Å². The van der Waals surface area contributed by atoms with Crippen molar-refractivity contribution in [3.05, 3.63) is 74.9 Å². The van der Waals surface area contributed by atoms with E-state index in [0.717, 1.165) is 17.6 Å². The molecular weight excluding hydrogens is 438 g/mol. The van der Waals surface area contributed by atoms with E-state index in [9.17, 15) is 10.1 Å². The Kier molecular flexibility index (Phi) is 5.13. The molecule has 146 valence electrons. The van der Waals surface area contributed by atoms with Gasteiger partial charge in [-0.2, -0.15) is 5.10 Å². The van der Waals surface area contributed by atoms with Crippen molar-refractivity contribution < 1.29 is 9.34 Å². The third kappa shape index (κ3) is 3.77. The van der Waals surface area contributed by atoms with Crippen LogP contribution in [0, 0.1) is 10.1 Å². The number of nitro groups is 1. The molecule has 0 saturated carbocycles. The van der Waals surface area contributed by atoms with Crippen molar-refractivity contribution in [3.63, 3.8) is 0 Å². The molecule has 0 unspecified atom stereocenters. The molecule has 2 heterocycles. The molecule has 4 aromatic rings. The molecule has 1 N–H and O–H groups in total. The Morgan fingerprint density at radius 2 is 2.10 bits per heavy atom. The summed E-state index contributed by atoms with van der Waals surface area (Å²) in [4.78, 5) is 15.4. The lowest BCUT2D eigenvalue weighted by Crippen LogP contribution is -2.01. The third-order valence-corrected chi connectivity index (χ3v) is 4.87. The molecule has 0 bridgehead atoms. The molecule has 0 radical (unpaired) electrons. The molecule has 0 amide bonds. The van der Waals surface area contributed by atoms with Crippen molar-refractivity contribution in [2.75, 3.05) is 5.43 Å². The quantitative estimate of drug-likeness (QED) is 0.238. The van der Waals surface area contributed by atoms with Crippen LogP contribution in [0.2, 0.25) is 0 Å². The average molecular weight is 454 g/mol. The number of furan rings is 1. The lowest BCUT2D eigenvalue weighted by atomic mass is 10.1. The zero-order chi connectivity index (χ0) is 20.4. The third-order valence-electron chi connectivity index (χ3n) is 4.38. The van der Waals surface area contributed by atoms with E-state index in [-0.39, 0.29) is 5.69 Å². The predicted octanol–water partition coefficient (Wildman–Crippen LogP) is 5.43. The fourth-order valence-corrected chi connectivity index (χ4v) is 3.41. The zero-order valence-electron chi connectivity index (χ0n) is 15.4. The van der Waals surface area contributed by atoms with Crippen molar-refractivity contribution in [2.45, 2.75) is 13.5 Å². The number of hydrazone groups is 1. The Labute approximate surface area is 174 Å². The van der Waals surface area contributed by atoms with Crippen LogP contribution in [0.25, 0.3) is 22.4 Å². The molecule has 9 heteroatoms. The topological polar surface area (TPSA) is 98.5 Å². The summed E-state index contributed by atoms with van der Waals surface area (Å²) in [5.74, 6) is 1.48. The molecule has 0 aliphatic rings. The van der Waals surface area contributed by atoms with E-state index < -0.39 is 4.92 Å². The number of nitro benzene ring substituents is 1. The van der Waals surface area contributed by atoms with Gasteiger partial charge in [0.05, 0.1) is 27.7 Å². The predicted molar refractivity (Wildman–Crippen MR) is 115 cm³/mol. The van der Waals surface area contributed by atoms with Crippen LogP contribution in [0.5, 0.6) is 0 Å². The highest BCUT2D eigenvalue weighted by molar-refractivity contribution is 9.10. The van der Waals surface area contributed by atoms with Gasteiger partial charge in [0.2, 0.25) is 5.95 Å². The lowest BCUT2D eigenvalue weighted by Gasteiger charge is -2.04. The van der Waals surface area contributed by atoms with E-state index >= 15 is 0 Å². The normalized spacial score (nSPS) is 11.4. The first-order valence-corrected chi connectivity index (χ1v) is 9.64. The number of halogens is 1. The molecule has 2 aromatic carbocycles. The van der Waals surface area contributed by atoms with Gasteiger partial charge in [-0.15, -0.1) is 0 Å². The number of benzene rings is 2. The van der Waals surface area contributed by atoms with Gasteiger partial charge in [0.15, 0.2) is 0 Å². The second-order valence-corrected chi connectivity index (χ2v) is 7.07. The minimum atomic E-state index is -0.437. The summed E-state index contributed by atoms with van der Waals surface area (Å²) in [5, 5.41) is 15.5. The monoisotopic (exact) mass is 453 g/mol. The van der Waals surface area contributed by atoms with Gasteiger partial charge in [-0.25, -0.2) is 10.4 Å². The maximum absolute atomic E-state index is 11.3. The summed E-state index contributed by atoms with van der Waals surface area (Å²) in [6.45, 7) is 2.78. The summed E-state index contributed by atoms with van der Waals surface area (Å²) in [6, 6.07) is 16.1. The highest BCUT2D eigenvalue weighted by atomic mass is 79.9. The first-order chi connectivity index (χ1) is 14.1. The fourth-order valence-electron chi connectivity index (χ4n) is 3.07. The molecular formula is C20H16BrN5O3. The molecule has 0 saturated heterocycles. The number of hydrogen-bond donors (Lipinski definition) is 1. The summed E-state index contributed by atoms with van der Waals surface area (Å²) in [7, 11) is 0. The Bertz CT molecular complexity index is 1230.